The number of rotatable bonds is 5. The maximum absolute atomic E-state index is 11.2. The number of nitrogens with two attached hydrogens (primary N) is 1. The highest BCUT2D eigenvalue weighted by atomic mass is 16.5. The molecule has 0 atom stereocenters. The Morgan fingerprint density at radius 1 is 1.35 bits per heavy atom. The van der Waals surface area contributed by atoms with Crippen LogP contribution in [0.4, 0.5) is 0 Å². The van der Waals surface area contributed by atoms with E-state index < -0.39 is 5.97 Å². The topological polar surface area (TPSA) is 121 Å². The molecular formula is C12H13N3O5. The summed E-state index contributed by atoms with van der Waals surface area (Å²) in [6.07, 6.45) is 0. The maximum Gasteiger partial charge on any atom is 0.339 e. The number of methoxy groups -OCH3 is 2. The third kappa shape index (κ3) is 2.41. The summed E-state index contributed by atoms with van der Waals surface area (Å²) in [5.41, 5.74) is 5.75. The van der Waals surface area contributed by atoms with Gasteiger partial charge in [0, 0.05) is 6.07 Å². The Morgan fingerprint density at radius 2 is 2.05 bits per heavy atom. The van der Waals surface area contributed by atoms with Crippen molar-refractivity contribution in [1.29, 1.82) is 0 Å². The fraction of sp³-hybridized carbons (Fsp3) is 0.250. The second-order valence-electron chi connectivity index (χ2n) is 3.77. The fourth-order valence-corrected chi connectivity index (χ4v) is 1.69. The van der Waals surface area contributed by atoms with Gasteiger partial charge in [-0.25, -0.2) is 4.79 Å². The third-order valence-corrected chi connectivity index (χ3v) is 2.64. The van der Waals surface area contributed by atoms with Gasteiger partial charge in [0.1, 0.15) is 17.1 Å². The molecule has 2 aromatic rings. The van der Waals surface area contributed by atoms with Crippen LogP contribution in [0.15, 0.2) is 16.7 Å². The van der Waals surface area contributed by atoms with Crippen LogP contribution in [0.25, 0.3) is 11.4 Å². The number of benzene rings is 1. The Labute approximate surface area is 114 Å². The van der Waals surface area contributed by atoms with E-state index in [1.807, 2.05) is 0 Å². The van der Waals surface area contributed by atoms with Crippen LogP contribution in [-0.2, 0) is 6.54 Å². The van der Waals surface area contributed by atoms with Crippen LogP contribution < -0.4 is 15.2 Å². The molecule has 0 saturated heterocycles. The molecule has 0 unspecified atom stereocenters. The maximum atomic E-state index is 11.2. The standard InChI is InChI=1S/C12H13N3O5/c1-18-8-4-9(19-2)7(12(16)17)3-6(8)11-14-10(5-13)20-15-11/h3-4H,5,13H2,1-2H3,(H,16,17). The quantitative estimate of drug-likeness (QED) is 0.828. The van der Waals surface area contributed by atoms with Crippen LogP contribution in [0.2, 0.25) is 0 Å². The number of carbonyl (C=O) groups is 1. The predicted molar refractivity (Wildman–Crippen MR) is 67.7 cm³/mol. The lowest BCUT2D eigenvalue weighted by Crippen LogP contribution is -2.03. The van der Waals surface area contributed by atoms with Gasteiger partial charge in [-0.3, -0.25) is 0 Å². The number of hydrogen-bond donors (Lipinski definition) is 2. The molecule has 0 spiro atoms. The summed E-state index contributed by atoms with van der Waals surface area (Å²) >= 11 is 0. The monoisotopic (exact) mass is 279 g/mol. The third-order valence-electron chi connectivity index (χ3n) is 2.64. The highest BCUT2D eigenvalue weighted by Gasteiger charge is 2.20. The molecule has 0 amide bonds. The number of hydrogen-bond acceptors (Lipinski definition) is 7. The van der Waals surface area contributed by atoms with Gasteiger partial charge in [0.2, 0.25) is 11.7 Å². The van der Waals surface area contributed by atoms with Crippen LogP contribution in [0.5, 0.6) is 11.5 Å². The molecule has 1 aromatic carbocycles. The first kappa shape index (κ1) is 13.8. The smallest absolute Gasteiger partial charge is 0.339 e. The molecule has 1 aromatic heterocycles. The molecule has 8 nitrogen and oxygen atoms in total. The van der Waals surface area contributed by atoms with E-state index in [2.05, 4.69) is 10.1 Å². The van der Waals surface area contributed by atoms with Crippen molar-refractivity contribution in [2.24, 2.45) is 5.73 Å². The first-order valence-electron chi connectivity index (χ1n) is 5.63. The number of aromatic carboxylic acids is 1. The molecule has 0 bridgehead atoms. The Kier molecular flexibility index (Phi) is 3.85. The minimum Gasteiger partial charge on any atom is -0.496 e. The van der Waals surface area contributed by atoms with E-state index in [-0.39, 0.29) is 29.6 Å². The van der Waals surface area contributed by atoms with Crippen molar-refractivity contribution in [3.8, 4) is 22.9 Å². The van der Waals surface area contributed by atoms with Crippen molar-refractivity contribution in [1.82, 2.24) is 10.1 Å². The number of carboxylic acid groups (broad SMARTS) is 1. The summed E-state index contributed by atoms with van der Waals surface area (Å²) in [5, 5.41) is 12.9. The number of nitrogens with zero attached hydrogens (tertiary/aromatic N) is 2. The van der Waals surface area contributed by atoms with Crippen LogP contribution >= 0.6 is 0 Å². The van der Waals surface area contributed by atoms with Crippen LogP contribution in [0.3, 0.4) is 0 Å². The lowest BCUT2D eigenvalue weighted by atomic mass is 10.1. The van der Waals surface area contributed by atoms with E-state index in [9.17, 15) is 9.90 Å². The Hall–Kier alpha value is -2.61. The molecule has 0 aliphatic rings. The van der Waals surface area contributed by atoms with Gasteiger partial charge in [0.25, 0.3) is 0 Å². The van der Waals surface area contributed by atoms with E-state index in [1.54, 1.807) is 0 Å². The summed E-state index contributed by atoms with van der Waals surface area (Å²) in [6, 6.07) is 2.82. The first-order chi connectivity index (χ1) is 9.60. The second-order valence-corrected chi connectivity index (χ2v) is 3.77. The number of aromatic nitrogens is 2. The van der Waals surface area contributed by atoms with Gasteiger partial charge in [-0.1, -0.05) is 5.16 Å². The van der Waals surface area contributed by atoms with E-state index in [0.717, 1.165) is 0 Å². The van der Waals surface area contributed by atoms with Crippen molar-refractivity contribution in [2.45, 2.75) is 6.54 Å². The van der Waals surface area contributed by atoms with Crippen LogP contribution in [-0.4, -0.2) is 35.4 Å². The van der Waals surface area contributed by atoms with Crippen LogP contribution in [0, 0.1) is 0 Å². The largest absolute Gasteiger partial charge is 0.496 e. The SMILES string of the molecule is COc1cc(OC)c(-c2noc(CN)n2)cc1C(=O)O. The zero-order chi connectivity index (χ0) is 14.7. The van der Waals surface area contributed by atoms with Gasteiger partial charge < -0.3 is 24.8 Å². The Balaban J connectivity index is 2.61. The summed E-state index contributed by atoms with van der Waals surface area (Å²) in [7, 11) is 2.82. The lowest BCUT2D eigenvalue weighted by molar-refractivity contribution is 0.0693. The lowest BCUT2D eigenvalue weighted by Gasteiger charge is -2.10. The van der Waals surface area contributed by atoms with Gasteiger partial charge in [0.15, 0.2) is 0 Å². The number of carboxylic acids is 1. The van der Waals surface area contributed by atoms with Gasteiger partial charge in [-0.15, -0.1) is 0 Å². The average Bonchev–Trinajstić information content (AvgIpc) is 2.94. The van der Waals surface area contributed by atoms with E-state index in [1.165, 1.54) is 26.4 Å². The Morgan fingerprint density at radius 3 is 2.55 bits per heavy atom. The molecule has 8 heteroatoms. The molecule has 0 aliphatic carbocycles. The molecular weight excluding hydrogens is 266 g/mol. The van der Waals surface area contributed by atoms with Gasteiger partial charge in [0.05, 0.1) is 26.3 Å². The molecule has 20 heavy (non-hydrogen) atoms. The number of ether oxygens (including phenoxy) is 2. The first-order valence-corrected chi connectivity index (χ1v) is 5.63. The van der Waals surface area contributed by atoms with Crippen molar-refractivity contribution >= 4 is 5.97 Å². The second kappa shape index (κ2) is 5.57. The van der Waals surface area contributed by atoms with Crippen molar-refractivity contribution in [2.75, 3.05) is 14.2 Å². The van der Waals surface area contributed by atoms with E-state index in [4.69, 9.17) is 19.7 Å². The van der Waals surface area contributed by atoms with Gasteiger partial charge >= 0.3 is 5.97 Å². The molecule has 0 fully saturated rings. The van der Waals surface area contributed by atoms with Gasteiger partial charge in [-0.05, 0) is 6.07 Å². The minimum absolute atomic E-state index is 0.0256. The Bertz CT molecular complexity index is 638. The zero-order valence-electron chi connectivity index (χ0n) is 10.9. The van der Waals surface area contributed by atoms with E-state index >= 15 is 0 Å². The van der Waals surface area contributed by atoms with Gasteiger partial charge in [-0.2, -0.15) is 4.98 Å². The van der Waals surface area contributed by atoms with E-state index in [0.29, 0.717) is 11.3 Å². The molecule has 2 rings (SSSR count). The minimum atomic E-state index is -1.13. The normalized spacial score (nSPS) is 10.3. The molecule has 0 saturated carbocycles. The molecule has 3 N–H and O–H groups in total. The van der Waals surface area contributed by atoms with Crippen molar-refractivity contribution in [3.63, 3.8) is 0 Å². The fourth-order valence-electron chi connectivity index (χ4n) is 1.69. The highest BCUT2D eigenvalue weighted by Crippen LogP contribution is 2.34. The molecule has 1 heterocycles. The zero-order valence-corrected chi connectivity index (χ0v) is 10.9. The molecule has 106 valence electrons. The van der Waals surface area contributed by atoms with Crippen molar-refractivity contribution < 1.29 is 23.9 Å². The summed E-state index contributed by atoms with van der Waals surface area (Å²) in [6.45, 7) is 0.0945. The summed E-state index contributed by atoms with van der Waals surface area (Å²) < 4.78 is 15.1. The molecule has 0 aliphatic heterocycles. The van der Waals surface area contributed by atoms with Crippen molar-refractivity contribution in [3.05, 3.63) is 23.6 Å². The average molecular weight is 279 g/mol. The summed E-state index contributed by atoms with van der Waals surface area (Å²) in [5.74, 6) is -0.132. The predicted octanol–water partition coefficient (Wildman–Crippen LogP) is 0.911. The highest BCUT2D eigenvalue weighted by molar-refractivity contribution is 5.93. The molecule has 0 radical (unpaired) electrons. The summed E-state index contributed by atoms with van der Waals surface area (Å²) in [4.78, 5) is 15.3. The van der Waals surface area contributed by atoms with Crippen LogP contribution in [0.1, 0.15) is 16.2 Å².